The number of hydrogen-bond acceptors (Lipinski definition) is 5. The summed E-state index contributed by atoms with van der Waals surface area (Å²) in [7, 11) is 1.56. The molecule has 30 heavy (non-hydrogen) atoms. The van der Waals surface area contributed by atoms with Crippen molar-refractivity contribution in [2.24, 2.45) is 0 Å². The number of anilines is 1. The topological polar surface area (TPSA) is 82.5 Å². The largest absolute Gasteiger partial charge is 0.495 e. The second kappa shape index (κ2) is 9.93. The molecule has 1 aromatic heterocycles. The van der Waals surface area contributed by atoms with Crippen molar-refractivity contribution < 1.29 is 19.1 Å². The Morgan fingerprint density at radius 1 is 1.17 bits per heavy atom. The van der Waals surface area contributed by atoms with E-state index in [4.69, 9.17) is 21.1 Å². The standard InChI is InChI=1S/C22H22ClN3O4/c1-3-30-22(28)18-12-13-26(25-18)19-7-5-4-6-17(19)24-21(27)11-9-15-8-10-20(29-2)16(23)14-15/h4-8,10,12-14H,3,9,11H2,1-2H3,(H,24,27). The molecule has 0 bridgehead atoms. The van der Waals surface area contributed by atoms with E-state index in [1.165, 1.54) is 4.68 Å². The number of nitrogens with zero attached hydrogens (tertiary/aromatic N) is 2. The molecule has 0 aliphatic carbocycles. The normalized spacial score (nSPS) is 10.5. The lowest BCUT2D eigenvalue weighted by molar-refractivity contribution is -0.116. The lowest BCUT2D eigenvalue weighted by Crippen LogP contribution is -2.14. The molecule has 0 radical (unpaired) electrons. The Balaban J connectivity index is 1.68. The van der Waals surface area contributed by atoms with Gasteiger partial charge >= 0.3 is 5.97 Å². The summed E-state index contributed by atoms with van der Waals surface area (Å²) in [5.41, 5.74) is 2.38. The Kier molecular flexibility index (Phi) is 7.08. The number of ether oxygens (including phenoxy) is 2. The van der Waals surface area contributed by atoms with E-state index in [1.807, 2.05) is 18.2 Å². The third-order valence-corrected chi connectivity index (χ3v) is 4.65. The number of rotatable bonds is 8. The number of carbonyl (C=O) groups is 2. The molecule has 0 aliphatic heterocycles. The van der Waals surface area contributed by atoms with Gasteiger partial charge in [0.1, 0.15) is 5.75 Å². The van der Waals surface area contributed by atoms with Crippen LogP contribution in [0.4, 0.5) is 5.69 Å². The van der Waals surface area contributed by atoms with E-state index in [0.29, 0.717) is 28.6 Å². The van der Waals surface area contributed by atoms with Crippen LogP contribution in [0.2, 0.25) is 5.02 Å². The van der Waals surface area contributed by atoms with Gasteiger partial charge in [0.15, 0.2) is 5.69 Å². The predicted octanol–water partition coefficient (Wildman–Crippen LogP) is 4.28. The molecule has 0 atom stereocenters. The van der Waals surface area contributed by atoms with Gasteiger partial charge in [-0.2, -0.15) is 5.10 Å². The fraction of sp³-hybridized carbons (Fsp3) is 0.227. The van der Waals surface area contributed by atoms with Gasteiger partial charge in [-0.3, -0.25) is 4.79 Å². The van der Waals surface area contributed by atoms with Crippen molar-refractivity contribution in [2.45, 2.75) is 19.8 Å². The molecule has 1 heterocycles. The number of halogens is 1. The van der Waals surface area contributed by atoms with Crippen molar-refractivity contribution >= 4 is 29.2 Å². The number of carbonyl (C=O) groups excluding carboxylic acids is 2. The third-order valence-electron chi connectivity index (χ3n) is 4.36. The zero-order chi connectivity index (χ0) is 21.5. The van der Waals surface area contributed by atoms with Crippen LogP contribution in [-0.2, 0) is 16.0 Å². The maximum atomic E-state index is 12.5. The van der Waals surface area contributed by atoms with Crippen molar-refractivity contribution in [2.75, 3.05) is 19.0 Å². The maximum Gasteiger partial charge on any atom is 0.358 e. The summed E-state index contributed by atoms with van der Waals surface area (Å²) in [4.78, 5) is 24.4. The number of amides is 1. The monoisotopic (exact) mass is 427 g/mol. The summed E-state index contributed by atoms with van der Waals surface area (Å²) >= 11 is 6.14. The summed E-state index contributed by atoms with van der Waals surface area (Å²) in [6, 6.07) is 14.3. The summed E-state index contributed by atoms with van der Waals surface area (Å²) < 4.78 is 11.6. The van der Waals surface area contributed by atoms with Gasteiger partial charge in [0, 0.05) is 12.6 Å². The van der Waals surface area contributed by atoms with Crippen LogP contribution >= 0.6 is 11.6 Å². The van der Waals surface area contributed by atoms with E-state index in [2.05, 4.69) is 10.4 Å². The average Bonchev–Trinajstić information content (AvgIpc) is 3.23. The van der Waals surface area contributed by atoms with Gasteiger partial charge in [-0.25, -0.2) is 9.48 Å². The Hall–Kier alpha value is -3.32. The highest BCUT2D eigenvalue weighted by molar-refractivity contribution is 6.32. The van der Waals surface area contributed by atoms with Gasteiger partial charge < -0.3 is 14.8 Å². The van der Waals surface area contributed by atoms with E-state index in [1.54, 1.807) is 50.6 Å². The number of aromatic nitrogens is 2. The lowest BCUT2D eigenvalue weighted by atomic mass is 10.1. The zero-order valence-electron chi connectivity index (χ0n) is 16.7. The number of esters is 1. The van der Waals surface area contributed by atoms with Crippen molar-refractivity contribution in [3.8, 4) is 11.4 Å². The van der Waals surface area contributed by atoms with Crippen molar-refractivity contribution in [1.82, 2.24) is 9.78 Å². The van der Waals surface area contributed by atoms with Crippen LogP contribution in [0, 0.1) is 0 Å². The molecule has 8 heteroatoms. The Morgan fingerprint density at radius 2 is 1.97 bits per heavy atom. The van der Waals surface area contributed by atoms with Gasteiger partial charge in [0.25, 0.3) is 0 Å². The van der Waals surface area contributed by atoms with Crippen molar-refractivity contribution in [3.05, 3.63) is 71.0 Å². The van der Waals surface area contributed by atoms with E-state index in [9.17, 15) is 9.59 Å². The van der Waals surface area contributed by atoms with Gasteiger partial charge in [-0.15, -0.1) is 0 Å². The van der Waals surface area contributed by atoms with Gasteiger partial charge in [-0.05, 0) is 49.2 Å². The number of para-hydroxylation sites is 2. The molecule has 156 valence electrons. The zero-order valence-corrected chi connectivity index (χ0v) is 17.5. The molecule has 1 amide bonds. The fourth-order valence-corrected chi connectivity index (χ4v) is 3.17. The molecule has 2 aromatic carbocycles. The minimum Gasteiger partial charge on any atom is -0.495 e. The first-order valence-electron chi connectivity index (χ1n) is 9.46. The predicted molar refractivity (Wildman–Crippen MR) is 114 cm³/mol. The van der Waals surface area contributed by atoms with Crippen LogP contribution in [-0.4, -0.2) is 35.4 Å². The summed E-state index contributed by atoms with van der Waals surface area (Å²) in [6.45, 7) is 2.01. The molecule has 0 saturated carbocycles. The molecule has 0 fully saturated rings. The van der Waals surface area contributed by atoms with Crippen molar-refractivity contribution in [3.63, 3.8) is 0 Å². The second-order valence-electron chi connectivity index (χ2n) is 6.40. The quantitative estimate of drug-likeness (QED) is 0.542. The first-order chi connectivity index (χ1) is 14.5. The van der Waals surface area contributed by atoms with Crippen LogP contribution in [0.1, 0.15) is 29.4 Å². The highest BCUT2D eigenvalue weighted by Crippen LogP contribution is 2.25. The molecule has 0 saturated heterocycles. The average molecular weight is 428 g/mol. The molecule has 3 aromatic rings. The first-order valence-corrected chi connectivity index (χ1v) is 9.84. The molecular formula is C22H22ClN3O4. The molecule has 0 aliphatic rings. The molecule has 0 spiro atoms. The Morgan fingerprint density at radius 3 is 2.70 bits per heavy atom. The van der Waals surface area contributed by atoms with E-state index >= 15 is 0 Å². The van der Waals surface area contributed by atoms with Crippen LogP contribution in [0.25, 0.3) is 5.69 Å². The molecule has 1 N–H and O–H groups in total. The van der Waals surface area contributed by atoms with E-state index in [-0.39, 0.29) is 24.6 Å². The molecule has 7 nitrogen and oxygen atoms in total. The third kappa shape index (κ3) is 5.18. The summed E-state index contributed by atoms with van der Waals surface area (Å²) in [5, 5.41) is 7.67. The number of benzene rings is 2. The minimum atomic E-state index is -0.490. The van der Waals surface area contributed by atoms with Crippen LogP contribution in [0.3, 0.4) is 0 Å². The van der Waals surface area contributed by atoms with Crippen LogP contribution < -0.4 is 10.1 Å². The maximum absolute atomic E-state index is 12.5. The number of nitrogens with one attached hydrogen (secondary N) is 1. The highest BCUT2D eigenvalue weighted by Gasteiger charge is 2.14. The van der Waals surface area contributed by atoms with E-state index < -0.39 is 5.97 Å². The Labute approximate surface area is 179 Å². The number of methoxy groups -OCH3 is 1. The minimum absolute atomic E-state index is 0.146. The summed E-state index contributed by atoms with van der Waals surface area (Å²) in [5.74, 6) is -0.0386. The first kappa shape index (κ1) is 21.4. The molecule has 0 unspecified atom stereocenters. The van der Waals surface area contributed by atoms with Gasteiger partial charge in [0.2, 0.25) is 5.91 Å². The van der Waals surface area contributed by atoms with Crippen molar-refractivity contribution in [1.29, 1.82) is 0 Å². The number of hydrogen-bond donors (Lipinski definition) is 1. The van der Waals surface area contributed by atoms with Gasteiger partial charge in [-0.1, -0.05) is 29.8 Å². The molecule has 3 rings (SSSR count). The Bertz CT molecular complexity index is 1050. The van der Waals surface area contributed by atoms with Gasteiger partial charge in [0.05, 0.1) is 30.1 Å². The smallest absolute Gasteiger partial charge is 0.358 e. The van der Waals surface area contributed by atoms with E-state index in [0.717, 1.165) is 5.56 Å². The van der Waals surface area contributed by atoms with Crippen LogP contribution in [0.5, 0.6) is 5.75 Å². The number of aryl methyl sites for hydroxylation is 1. The second-order valence-corrected chi connectivity index (χ2v) is 6.81. The SMILES string of the molecule is CCOC(=O)c1ccn(-c2ccccc2NC(=O)CCc2ccc(OC)c(Cl)c2)n1. The summed E-state index contributed by atoms with van der Waals surface area (Å²) in [6.07, 6.45) is 2.47. The lowest BCUT2D eigenvalue weighted by Gasteiger charge is -2.11. The fourth-order valence-electron chi connectivity index (χ4n) is 2.89. The molecular weight excluding hydrogens is 406 g/mol. The van der Waals surface area contributed by atoms with Crippen LogP contribution in [0.15, 0.2) is 54.7 Å². The highest BCUT2D eigenvalue weighted by atomic mass is 35.5.